The Bertz CT molecular complexity index is 1480. The number of nitrogens with one attached hydrogen (secondary N) is 2. The van der Waals surface area contributed by atoms with Crippen molar-refractivity contribution >= 4 is 33.2 Å². The largest absolute Gasteiger partial charge is 0.368 e. The Balaban J connectivity index is 1.34. The van der Waals surface area contributed by atoms with E-state index in [-0.39, 0.29) is 23.1 Å². The van der Waals surface area contributed by atoms with Gasteiger partial charge in [0, 0.05) is 44.0 Å². The Morgan fingerprint density at radius 1 is 0.949 bits per heavy atom. The highest BCUT2D eigenvalue weighted by molar-refractivity contribution is 7.89. The van der Waals surface area contributed by atoms with Crippen LogP contribution in [0.15, 0.2) is 71.6 Å². The van der Waals surface area contributed by atoms with Crippen LogP contribution in [0.4, 0.5) is 11.4 Å². The van der Waals surface area contributed by atoms with Crippen molar-refractivity contribution < 1.29 is 18.0 Å². The van der Waals surface area contributed by atoms with Crippen LogP contribution in [0.3, 0.4) is 0 Å². The molecule has 9 heteroatoms. The highest BCUT2D eigenvalue weighted by Gasteiger charge is 2.32. The van der Waals surface area contributed by atoms with Crippen LogP contribution in [-0.4, -0.2) is 57.4 Å². The molecule has 0 bridgehead atoms. The van der Waals surface area contributed by atoms with Gasteiger partial charge in [0.2, 0.25) is 21.8 Å². The number of sulfonamides is 1. The molecule has 1 atom stereocenters. The molecule has 0 aromatic heterocycles. The smallest absolute Gasteiger partial charge is 0.241 e. The normalized spacial score (nSPS) is 16.4. The quantitative estimate of drug-likeness (QED) is 0.473. The molecule has 2 heterocycles. The topological polar surface area (TPSA) is 98.8 Å². The first-order valence-corrected chi connectivity index (χ1v) is 14.8. The molecule has 5 rings (SSSR count). The van der Waals surface area contributed by atoms with Crippen molar-refractivity contribution in [3.05, 3.63) is 89.0 Å². The maximum atomic E-state index is 13.8. The SMILES string of the molecule is Cc1ccc(C)c(N2CCN(C(=O)[C@@H](Cc3ccccc3)NS(=O)(=O)c3ccc4c(c3)CCC(=O)N4)CC2)c1. The average molecular weight is 547 g/mol. The van der Waals surface area contributed by atoms with Gasteiger partial charge in [0.05, 0.1) is 4.90 Å². The summed E-state index contributed by atoms with van der Waals surface area (Å²) in [4.78, 5) is 29.6. The molecule has 2 aliphatic heterocycles. The zero-order valence-corrected chi connectivity index (χ0v) is 23.1. The number of carbonyl (C=O) groups is 2. The summed E-state index contributed by atoms with van der Waals surface area (Å²) >= 11 is 0. The molecule has 3 aromatic rings. The van der Waals surface area contributed by atoms with E-state index in [9.17, 15) is 18.0 Å². The van der Waals surface area contributed by atoms with Crippen molar-refractivity contribution in [3.8, 4) is 0 Å². The summed E-state index contributed by atoms with van der Waals surface area (Å²) in [5.74, 6) is -0.310. The standard InChI is InChI=1S/C30H34N4O4S/c1-21-8-9-22(2)28(18-21)33-14-16-34(17-15-33)30(36)27(19-23-6-4-3-5-7-23)32-39(37,38)25-11-12-26-24(20-25)10-13-29(35)31-26/h3-9,11-12,18,20,27,32H,10,13-17,19H2,1-2H3,(H,31,35)/t27-/m1/s1. The van der Waals surface area contributed by atoms with E-state index in [0.717, 1.165) is 11.1 Å². The molecule has 0 radical (unpaired) electrons. The van der Waals surface area contributed by atoms with Crippen molar-refractivity contribution in [2.75, 3.05) is 36.4 Å². The summed E-state index contributed by atoms with van der Waals surface area (Å²) in [5, 5.41) is 2.78. The molecule has 39 heavy (non-hydrogen) atoms. The van der Waals surface area contributed by atoms with Gasteiger partial charge in [-0.1, -0.05) is 42.5 Å². The second-order valence-corrected chi connectivity index (χ2v) is 12.0. The maximum absolute atomic E-state index is 13.8. The van der Waals surface area contributed by atoms with Crippen LogP contribution in [0, 0.1) is 13.8 Å². The number of anilines is 2. The van der Waals surface area contributed by atoms with E-state index in [1.165, 1.54) is 22.9 Å². The summed E-state index contributed by atoms with van der Waals surface area (Å²) < 4.78 is 29.7. The molecule has 0 spiro atoms. The Kier molecular flexibility index (Phi) is 7.72. The molecule has 2 amide bonds. The molecule has 0 saturated carbocycles. The fourth-order valence-corrected chi connectivity index (χ4v) is 6.50. The zero-order valence-electron chi connectivity index (χ0n) is 22.3. The molecule has 2 N–H and O–H groups in total. The Morgan fingerprint density at radius 3 is 2.44 bits per heavy atom. The zero-order chi connectivity index (χ0) is 27.6. The van der Waals surface area contributed by atoms with E-state index in [0.29, 0.717) is 44.7 Å². The number of fused-ring (bicyclic) bond motifs is 1. The van der Waals surface area contributed by atoms with Gasteiger partial charge in [-0.15, -0.1) is 0 Å². The van der Waals surface area contributed by atoms with Gasteiger partial charge in [0.25, 0.3) is 0 Å². The van der Waals surface area contributed by atoms with Gasteiger partial charge < -0.3 is 15.1 Å². The van der Waals surface area contributed by atoms with E-state index in [4.69, 9.17) is 0 Å². The lowest BCUT2D eigenvalue weighted by Gasteiger charge is -2.38. The van der Waals surface area contributed by atoms with Crippen LogP contribution < -0.4 is 14.9 Å². The van der Waals surface area contributed by atoms with Crippen molar-refractivity contribution in [2.45, 2.75) is 44.0 Å². The summed E-state index contributed by atoms with van der Waals surface area (Å²) in [6, 6.07) is 19.6. The number of aryl methyl sites for hydroxylation is 3. The highest BCUT2D eigenvalue weighted by atomic mass is 32.2. The van der Waals surface area contributed by atoms with Gasteiger partial charge in [0.15, 0.2) is 0 Å². The van der Waals surface area contributed by atoms with Gasteiger partial charge in [-0.25, -0.2) is 8.42 Å². The van der Waals surface area contributed by atoms with Gasteiger partial charge in [0.1, 0.15) is 6.04 Å². The lowest BCUT2D eigenvalue weighted by Crippen LogP contribution is -2.55. The molecule has 2 aliphatic rings. The predicted octanol–water partition coefficient (Wildman–Crippen LogP) is 3.43. The predicted molar refractivity (Wildman–Crippen MR) is 152 cm³/mol. The first-order valence-electron chi connectivity index (χ1n) is 13.3. The Labute approximate surface area is 230 Å². The molecule has 8 nitrogen and oxygen atoms in total. The molecule has 204 valence electrons. The van der Waals surface area contributed by atoms with Gasteiger partial charge in [-0.3, -0.25) is 9.59 Å². The molecule has 0 aliphatic carbocycles. The third kappa shape index (κ3) is 6.15. The number of hydrogen-bond acceptors (Lipinski definition) is 5. The van der Waals surface area contributed by atoms with Gasteiger partial charge >= 0.3 is 0 Å². The fourth-order valence-electron chi connectivity index (χ4n) is 5.26. The fraction of sp³-hybridized carbons (Fsp3) is 0.333. The first kappa shape index (κ1) is 26.9. The average Bonchev–Trinajstić information content (AvgIpc) is 2.94. The maximum Gasteiger partial charge on any atom is 0.241 e. The number of piperazine rings is 1. The number of hydrogen-bond donors (Lipinski definition) is 2. The van der Waals surface area contributed by atoms with Crippen molar-refractivity contribution in [1.82, 2.24) is 9.62 Å². The lowest BCUT2D eigenvalue weighted by atomic mass is 10.0. The third-order valence-electron chi connectivity index (χ3n) is 7.46. The van der Waals surface area contributed by atoms with Crippen LogP contribution in [0.1, 0.15) is 28.7 Å². The summed E-state index contributed by atoms with van der Waals surface area (Å²) in [6.07, 6.45) is 1.03. The first-order chi connectivity index (χ1) is 18.7. The van der Waals surface area contributed by atoms with Crippen LogP contribution in [0.25, 0.3) is 0 Å². The summed E-state index contributed by atoms with van der Waals surface area (Å²) in [6.45, 7) is 6.54. The molecule has 1 fully saturated rings. The number of nitrogens with zero attached hydrogens (tertiary/aromatic N) is 2. The minimum absolute atomic E-state index is 0.0811. The second kappa shape index (κ2) is 11.2. The number of benzene rings is 3. The van der Waals surface area contributed by atoms with Crippen LogP contribution in [0.2, 0.25) is 0 Å². The van der Waals surface area contributed by atoms with E-state index in [2.05, 4.69) is 47.0 Å². The summed E-state index contributed by atoms with van der Waals surface area (Å²) in [5.41, 5.74) is 5.83. The van der Waals surface area contributed by atoms with Crippen LogP contribution >= 0.6 is 0 Å². The van der Waals surface area contributed by atoms with E-state index in [1.54, 1.807) is 17.0 Å². The number of carbonyl (C=O) groups excluding carboxylic acids is 2. The van der Waals surface area contributed by atoms with Crippen LogP contribution in [-0.2, 0) is 32.5 Å². The minimum Gasteiger partial charge on any atom is -0.368 e. The molecular formula is C30H34N4O4S. The monoisotopic (exact) mass is 546 g/mol. The Morgan fingerprint density at radius 2 is 1.69 bits per heavy atom. The van der Waals surface area contributed by atoms with Gasteiger partial charge in [-0.2, -0.15) is 4.72 Å². The van der Waals surface area contributed by atoms with E-state index < -0.39 is 16.1 Å². The Hall–Kier alpha value is -3.69. The molecule has 3 aromatic carbocycles. The molecule has 1 saturated heterocycles. The van der Waals surface area contributed by atoms with E-state index >= 15 is 0 Å². The highest BCUT2D eigenvalue weighted by Crippen LogP contribution is 2.26. The lowest BCUT2D eigenvalue weighted by molar-refractivity contribution is -0.133. The van der Waals surface area contributed by atoms with Crippen molar-refractivity contribution in [3.63, 3.8) is 0 Å². The van der Waals surface area contributed by atoms with Gasteiger partial charge in [-0.05, 0) is 73.2 Å². The third-order valence-corrected chi connectivity index (χ3v) is 8.93. The number of rotatable bonds is 7. The van der Waals surface area contributed by atoms with Crippen molar-refractivity contribution in [1.29, 1.82) is 0 Å². The van der Waals surface area contributed by atoms with E-state index in [1.807, 2.05) is 30.3 Å². The number of amides is 2. The molecular weight excluding hydrogens is 512 g/mol. The minimum atomic E-state index is -4.00. The van der Waals surface area contributed by atoms with Crippen LogP contribution in [0.5, 0.6) is 0 Å². The second-order valence-electron chi connectivity index (χ2n) is 10.3. The van der Waals surface area contributed by atoms with Crippen molar-refractivity contribution in [2.24, 2.45) is 0 Å². The molecule has 0 unspecified atom stereocenters. The summed E-state index contributed by atoms with van der Waals surface area (Å²) in [7, 11) is -4.00.